The highest BCUT2D eigenvalue weighted by Crippen LogP contribution is 2.30. The second-order valence-electron chi connectivity index (χ2n) is 6.86. The Balaban J connectivity index is 0.00000300. The van der Waals surface area contributed by atoms with Crippen molar-refractivity contribution in [3.63, 3.8) is 0 Å². The molecular weight excluding hydrogens is 497 g/mol. The summed E-state index contributed by atoms with van der Waals surface area (Å²) >= 11 is 1.93. The predicted molar refractivity (Wildman–Crippen MR) is 132 cm³/mol. The lowest BCUT2D eigenvalue weighted by atomic mass is 10.2. The summed E-state index contributed by atoms with van der Waals surface area (Å²) in [6.45, 7) is 5.34. The van der Waals surface area contributed by atoms with Crippen molar-refractivity contribution < 1.29 is 9.84 Å². The van der Waals surface area contributed by atoms with Crippen molar-refractivity contribution >= 4 is 41.7 Å². The normalized spacial score (nSPS) is 16.4. The van der Waals surface area contributed by atoms with Crippen LogP contribution >= 0.6 is 35.7 Å². The van der Waals surface area contributed by atoms with Gasteiger partial charge in [0.2, 0.25) is 0 Å². The maximum absolute atomic E-state index is 10.3. The zero-order valence-corrected chi connectivity index (χ0v) is 20.2. The molecule has 29 heavy (non-hydrogen) atoms. The number of aliphatic imine (C=N–C) groups is 1. The molecule has 2 N–H and O–H groups in total. The summed E-state index contributed by atoms with van der Waals surface area (Å²) in [6.07, 6.45) is 1.18. The highest BCUT2D eigenvalue weighted by molar-refractivity contribution is 14.0. The molecule has 1 atom stereocenters. The van der Waals surface area contributed by atoms with E-state index in [-0.39, 0.29) is 29.7 Å². The van der Waals surface area contributed by atoms with Crippen molar-refractivity contribution in [3.05, 3.63) is 54.1 Å². The zero-order chi connectivity index (χ0) is 19.8. The van der Waals surface area contributed by atoms with Gasteiger partial charge >= 0.3 is 0 Å². The van der Waals surface area contributed by atoms with E-state index in [1.165, 1.54) is 11.3 Å². The molecule has 3 rings (SSSR count). The van der Waals surface area contributed by atoms with Crippen molar-refractivity contribution in [3.8, 4) is 11.5 Å². The predicted octanol–water partition coefficient (Wildman–Crippen LogP) is 4.60. The van der Waals surface area contributed by atoms with Crippen molar-refractivity contribution in [1.82, 2.24) is 10.2 Å². The van der Waals surface area contributed by atoms with Crippen LogP contribution in [0.25, 0.3) is 0 Å². The van der Waals surface area contributed by atoms with E-state index in [4.69, 9.17) is 9.73 Å². The third-order valence-corrected chi connectivity index (χ3v) is 6.09. The number of hydrogen-bond acceptors (Lipinski definition) is 4. The molecule has 158 valence electrons. The molecular formula is C22H30IN3O2S. The molecule has 0 saturated carbocycles. The van der Waals surface area contributed by atoms with Crippen LogP contribution in [0, 0.1) is 5.92 Å². The first-order chi connectivity index (χ1) is 13.7. The summed E-state index contributed by atoms with van der Waals surface area (Å²) in [7, 11) is 1.56. The van der Waals surface area contributed by atoms with Crippen molar-refractivity contribution in [2.75, 3.05) is 32.5 Å². The molecule has 0 spiro atoms. The quantitative estimate of drug-likeness (QED) is 0.239. The Morgan fingerprint density at radius 3 is 2.76 bits per heavy atom. The standard InChI is InChI=1S/C22H29N3O2S.HI/c1-3-23-22(24-14-18-8-7-11-20(27-2)21(18)26)25-13-12-17(15-25)16-28-19-9-5-4-6-10-19;/h4-11,17,26H,3,12-16H2,1-2H3,(H,23,24);1H. The SMILES string of the molecule is CCNC(=NCc1cccc(OC)c1O)N1CCC(CSc2ccccc2)C1.I. The van der Waals surface area contributed by atoms with Crippen LogP contribution < -0.4 is 10.1 Å². The van der Waals surface area contributed by atoms with Crippen LogP contribution in [0.4, 0.5) is 0 Å². The average Bonchev–Trinajstić information content (AvgIpc) is 3.20. The summed E-state index contributed by atoms with van der Waals surface area (Å²) in [5.74, 6) is 3.34. The number of rotatable bonds is 7. The first-order valence-electron chi connectivity index (χ1n) is 9.77. The molecule has 1 aliphatic heterocycles. The second kappa shape index (κ2) is 12.2. The van der Waals surface area contributed by atoms with Gasteiger partial charge in [0, 0.05) is 35.8 Å². The van der Waals surface area contributed by atoms with Crippen LogP contribution in [0.5, 0.6) is 11.5 Å². The number of hydrogen-bond donors (Lipinski definition) is 2. The Morgan fingerprint density at radius 1 is 1.24 bits per heavy atom. The molecule has 2 aromatic carbocycles. The van der Waals surface area contributed by atoms with E-state index < -0.39 is 0 Å². The summed E-state index contributed by atoms with van der Waals surface area (Å²) in [6, 6.07) is 16.1. The molecule has 5 nitrogen and oxygen atoms in total. The molecule has 0 aliphatic carbocycles. The number of thioether (sulfide) groups is 1. The number of para-hydroxylation sites is 1. The number of aromatic hydroxyl groups is 1. The Hall–Kier alpha value is -1.61. The fourth-order valence-electron chi connectivity index (χ4n) is 3.34. The number of phenolic OH excluding ortho intramolecular Hbond substituents is 1. The topological polar surface area (TPSA) is 57.1 Å². The molecule has 0 aromatic heterocycles. The Bertz CT molecular complexity index is 789. The first kappa shape index (κ1) is 23.7. The molecule has 1 heterocycles. The molecule has 2 aromatic rings. The van der Waals surface area contributed by atoms with E-state index in [0.717, 1.165) is 36.9 Å². The monoisotopic (exact) mass is 527 g/mol. The molecule has 1 fully saturated rings. The lowest BCUT2D eigenvalue weighted by molar-refractivity contribution is 0.370. The largest absolute Gasteiger partial charge is 0.504 e. The van der Waals surface area contributed by atoms with Crippen LogP contribution in [0.2, 0.25) is 0 Å². The van der Waals surface area contributed by atoms with Gasteiger partial charge in [0.15, 0.2) is 17.5 Å². The van der Waals surface area contributed by atoms with E-state index in [1.807, 2.05) is 23.9 Å². The summed E-state index contributed by atoms with van der Waals surface area (Å²) in [5, 5.41) is 13.7. The van der Waals surface area contributed by atoms with Crippen LogP contribution in [0.15, 0.2) is 58.4 Å². The van der Waals surface area contributed by atoms with Gasteiger partial charge in [-0.3, -0.25) is 0 Å². The van der Waals surface area contributed by atoms with Gasteiger partial charge in [0.05, 0.1) is 13.7 Å². The fraction of sp³-hybridized carbons (Fsp3) is 0.409. The van der Waals surface area contributed by atoms with Gasteiger partial charge in [-0.05, 0) is 37.5 Å². The number of guanidine groups is 1. The molecule has 7 heteroatoms. The van der Waals surface area contributed by atoms with E-state index in [9.17, 15) is 5.11 Å². The molecule has 0 amide bonds. The van der Waals surface area contributed by atoms with Crippen molar-refractivity contribution in [2.24, 2.45) is 10.9 Å². The first-order valence-corrected chi connectivity index (χ1v) is 10.8. The van der Waals surface area contributed by atoms with E-state index >= 15 is 0 Å². The second-order valence-corrected chi connectivity index (χ2v) is 7.96. The summed E-state index contributed by atoms with van der Waals surface area (Å²) in [5.41, 5.74) is 0.769. The highest BCUT2D eigenvalue weighted by atomic mass is 127. The Labute approximate surface area is 195 Å². The number of phenols is 1. The van der Waals surface area contributed by atoms with Gasteiger partial charge in [-0.2, -0.15) is 0 Å². The van der Waals surface area contributed by atoms with Gasteiger partial charge in [-0.1, -0.05) is 30.3 Å². The fourth-order valence-corrected chi connectivity index (χ4v) is 4.39. The number of ether oxygens (including phenoxy) is 1. The summed E-state index contributed by atoms with van der Waals surface area (Å²) in [4.78, 5) is 8.42. The molecule has 0 radical (unpaired) electrons. The van der Waals surface area contributed by atoms with Crippen molar-refractivity contribution in [1.29, 1.82) is 0 Å². The van der Waals surface area contributed by atoms with E-state index in [0.29, 0.717) is 18.2 Å². The summed E-state index contributed by atoms with van der Waals surface area (Å²) < 4.78 is 5.19. The van der Waals surface area contributed by atoms with Crippen LogP contribution in [0.3, 0.4) is 0 Å². The van der Waals surface area contributed by atoms with Gasteiger partial charge < -0.3 is 20.1 Å². The van der Waals surface area contributed by atoms with Crippen LogP contribution in [-0.2, 0) is 6.54 Å². The lowest BCUT2D eigenvalue weighted by Gasteiger charge is -2.22. The van der Waals surface area contributed by atoms with Crippen molar-refractivity contribution in [2.45, 2.75) is 24.8 Å². The number of likely N-dealkylation sites (tertiary alicyclic amines) is 1. The lowest BCUT2D eigenvalue weighted by Crippen LogP contribution is -2.40. The van der Waals surface area contributed by atoms with Gasteiger partial charge in [0.25, 0.3) is 0 Å². The molecule has 1 unspecified atom stereocenters. The van der Waals surface area contributed by atoms with E-state index in [2.05, 4.69) is 47.5 Å². The van der Waals surface area contributed by atoms with Gasteiger partial charge in [-0.25, -0.2) is 4.99 Å². The third kappa shape index (κ3) is 6.70. The average molecular weight is 527 g/mol. The van der Waals surface area contributed by atoms with Gasteiger partial charge in [-0.15, -0.1) is 35.7 Å². The van der Waals surface area contributed by atoms with Crippen LogP contribution in [-0.4, -0.2) is 48.5 Å². The maximum Gasteiger partial charge on any atom is 0.194 e. The number of halogens is 1. The minimum Gasteiger partial charge on any atom is -0.504 e. The van der Waals surface area contributed by atoms with E-state index in [1.54, 1.807) is 13.2 Å². The smallest absolute Gasteiger partial charge is 0.194 e. The van der Waals surface area contributed by atoms with Gasteiger partial charge in [0.1, 0.15) is 0 Å². The van der Waals surface area contributed by atoms with Crippen LogP contribution in [0.1, 0.15) is 18.9 Å². The highest BCUT2D eigenvalue weighted by Gasteiger charge is 2.25. The molecule has 1 saturated heterocycles. The number of benzene rings is 2. The minimum atomic E-state index is 0. The number of nitrogens with one attached hydrogen (secondary N) is 1. The Morgan fingerprint density at radius 2 is 2.03 bits per heavy atom. The molecule has 1 aliphatic rings. The maximum atomic E-state index is 10.3. The minimum absolute atomic E-state index is 0. The number of methoxy groups -OCH3 is 1. The molecule has 0 bridgehead atoms. The zero-order valence-electron chi connectivity index (χ0n) is 17.0. The Kier molecular flexibility index (Phi) is 9.93. The number of nitrogens with zero attached hydrogens (tertiary/aromatic N) is 2. The third-order valence-electron chi connectivity index (χ3n) is 4.85.